The van der Waals surface area contributed by atoms with Crippen molar-refractivity contribution in [2.45, 2.75) is 39.7 Å². The Morgan fingerprint density at radius 1 is 1.13 bits per heavy atom. The molecule has 1 aromatic heterocycles. The van der Waals surface area contributed by atoms with Crippen molar-refractivity contribution in [2.75, 3.05) is 11.9 Å². The van der Waals surface area contributed by atoms with Crippen LogP contribution in [0.15, 0.2) is 66.0 Å². The first-order chi connectivity index (χ1) is 15.0. The zero-order valence-corrected chi connectivity index (χ0v) is 18.2. The van der Waals surface area contributed by atoms with E-state index in [9.17, 15) is 9.59 Å². The maximum absolute atomic E-state index is 13.4. The third-order valence-corrected chi connectivity index (χ3v) is 6.40. The summed E-state index contributed by atoms with van der Waals surface area (Å²) in [4.78, 5) is 26.9. The van der Waals surface area contributed by atoms with Gasteiger partial charge in [0.15, 0.2) is 0 Å². The van der Waals surface area contributed by atoms with Crippen LogP contribution in [0.25, 0.3) is 10.9 Å². The molecule has 1 atom stereocenters. The van der Waals surface area contributed by atoms with Crippen molar-refractivity contribution in [3.63, 3.8) is 0 Å². The number of anilines is 1. The van der Waals surface area contributed by atoms with Gasteiger partial charge in [-0.3, -0.25) is 14.5 Å². The van der Waals surface area contributed by atoms with E-state index in [0.29, 0.717) is 18.0 Å². The van der Waals surface area contributed by atoms with Gasteiger partial charge < -0.3 is 9.88 Å². The van der Waals surface area contributed by atoms with Crippen LogP contribution < -0.4 is 5.32 Å². The van der Waals surface area contributed by atoms with E-state index in [1.165, 1.54) is 17.3 Å². The topological polar surface area (TPSA) is 54.3 Å². The van der Waals surface area contributed by atoms with Crippen molar-refractivity contribution in [3.8, 4) is 0 Å². The SMILES string of the molecule is CC(=O)N1CC2=C(C1=O)C(c1ccccc1)c1cn(CCC(C)C)c3cccc(c13)N2. The highest BCUT2D eigenvalue weighted by Gasteiger charge is 2.41. The summed E-state index contributed by atoms with van der Waals surface area (Å²) in [5, 5.41) is 4.69. The predicted molar refractivity (Wildman–Crippen MR) is 123 cm³/mol. The molecule has 0 saturated carbocycles. The molecule has 3 aromatic rings. The highest BCUT2D eigenvalue weighted by Crippen LogP contribution is 2.46. The molecule has 0 spiro atoms. The van der Waals surface area contributed by atoms with Gasteiger partial charge in [-0.25, -0.2) is 0 Å². The highest BCUT2D eigenvalue weighted by atomic mass is 16.2. The Morgan fingerprint density at radius 3 is 2.61 bits per heavy atom. The van der Waals surface area contributed by atoms with Crippen LogP contribution in [-0.2, 0) is 16.1 Å². The smallest absolute Gasteiger partial charge is 0.259 e. The van der Waals surface area contributed by atoms with Crippen molar-refractivity contribution in [3.05, 3.63) is 77.1 Å². The number of carbonyl (C=O) groups excluding carboxylic acids is 2. The molecule has 2 aromatic carbocycles. The maximum Gasteiger partial charge on any atom is 0.259 e. The minimum Gasteiger partial charge on any atom is -0.356 e. The summed E-state index contributed by atoms with van der Waals surface area (Å²) in [6, 6.07) is 16.4. The standard InChI is InChI=1S/C26H27N3O2/c1-16(2)12-13-28-14-19-23(18-8-5-4-6-9-18)25-21(15-29(17(3)30)26(25)31)27-20-10-7-11-22(28)24(19)20/h4-11,14,16,23,27H,12-13,15H2,1-3H3. The second-order valence-electron chi connectivity index (χ2n) is 8.93. The lowest BCUT2D eigenvalue weighted by atomic mass is 9.84. The first kappa shape index (κ1) is 19.6. The normalized spacial score (nSPS) is 17.9. The van der Waals surface area contributed by atoms with Crippen LogP contribution >= 0.6 is 0 Å². The van der Waals surface area contributed by atoms with E-state index < -0.39 is 0 Å². The predicted octanol–water partition coefficient (Wildman–Crippen LogP) is 4.89. The number of carbonyl (C=O) groups is 2. The fraction of sp³-hybridized carbons (Fsp3) is 0.308. The van der Waals surface area contributed by atoms with Crippen molar-refractivity contribution in [2.24, 2.45) is 5.92 Å². The lowest BCUT2D eigenvalue weighted by molar-refractivity contribution is -0.139. The maximum atomic E-state index is 13.4. The van der Waals surface area contributed by atoms with Gasteiger partial charge in [0, 0.05) is 42.4 Å². The Labute approximate surface area is 182 Å². The summed E-state index contributed by atoms with van der Waals surface area (Å²) >= 11 is 0. The van der Waals surface area contributed by atoms with E-state index in [0.717, 1.165) is 40.9 Å². The van der Waals surface area contributed by atoms with Crippen LogP contribution in [0.4, 0.5) is 5.69 Å². The average Bonchev–Trinajstić information content (AvgIpc) is 3.23. The summed E-state index contributed by atoms with van der Waals surface area (Å²) in [5.41, 5.74) is 5.87. The van der Waals surface area contributed by atoms with Gasteiger partial charge in [-0.05, 0) is 35.6 Å². The lowest BCUT2D eigenvalue weighted by Gasteiger charge is -2.19. The van der Waals surface area contributed by atoms with Crippen LogP contribution in [0, 0.1) is 5.92 Å². The Bertz CT molecular complexity index is 1220. The van der Waals surface area contributed by atoms with Gasteiger partial charge in [-0.2, -0.15) is 0 Å². The third-order valence-electron chi connectivity index (χ3n) is 6.40. The van der Waals surface area contributed by atoms with E-state index in [-0.39, 0.29) is 17.7 Å². The van der Waals surface area contributed by atoms with Gasteiger partial charge >= 0.3 is 0 Å². The number of imide groups is 1. The molecule has 0 fully saturated rings. The molecule has 0 saturated heterocycles. The summed E-state index contributed by atoms with van der Waals surface area (Å²) in [6.45, 7) is 7.15. The Morgan fingerprint density at radius 2 is 1.90 bits per heavy atom. The fourth-order valence-electron chi connectivity index (χ4n) is 4.85. The zero-order valence-electron chi connectivity index (χ0n) is 18.2. The van der Waals surface area contributed by atoms with E-state index in [2.05, 4.69) is 60.3 Å². The first-order valence-corrected chi connectivity index (χ1v) is 10.9. The number of aromatic nitrogens is 1. The molecule has 2 aliphatic rings. The minimum absolute atomic E-state index is 0.195. The second-order valence-corrected chi connectivity index (χ2v) is 8.93. The van der Waals surface area contributed by atoms with Gasteiger partial charge in [0.1, 0.15) is 0 Å². The highest BCUT2D eigenvalue weighted by molar-refractivity contribution is 6.11. The van der Waals surface area contributed by atoms with Crippen LogP contribution in [0.5, 0.6) is 0 Å². The fourth-order valence-corrected chi connectivity index (χ4v) is 4.85. The molecule has 1 unspecified atom stereocenters. The van der Waals surface area contributed by atoms with E-state index in [4.69, 9.17) is 0 Å². The van der Waals surface area contributed by atoms with Gasteiger partial charge in [0.2, 0.25) is 5.91 Å². The summed E-state index contributed by atoms with van der Waals surface area (Å²) in [7, 11) is 0. The quantitative estimate of drug-likeness (QED) is 0.663. The second kappa shape index (κ2) is 7.41. The van der Waals surface area contributed by atoms with Gasteiger partial charge in [-0.15, -0.1) is 0 Å². The van der Waals surface area contributed by atoms with Crippen molar-refractivity contribution >= 4 is 28.4 Å². The van der Waals surface area contributed by atoms with Crippen molar-refractivity contribution in [1.82, 2.24) is 9.47 Å². The average molecular weight is 414 g/mol. The number of rotatable bonds is 4. The number of hydrogen-bond acceptors (Lipinski definition) is 3. The number of benzene rings is 2. The monoisotopic (exact) mass is 413 g/mol. The van der Waals surface area contributed by atoms with Crippen LogP contribution in [-0.4, -0.2) is 27.8 Å². The number of aryl methyl sites for hydroxylation is 1. The van der Waals surface area contributed by atoms with Gasteiger partial charge in [0.25, 0.3) is 5.91 Å². The molecule has 0 bridgehead atoms. The van der Waals surface area contributed by atoms with Crippen LogP contribution in [0.1, 0.15) is 44.2 Å². The van der Waals surface area contributed by atoms with Crippen molar-refractivity contribution < 1.29 is 9.59 Å². The number of nitrogens with one attached hydrogen (secondary N) is 1. The van der Waals surface area contributed by atoms with Crippen molar-refractivity contribution in [1.29, 1.82) is 0 Å². The molecular formula is C26H27N3O2. The molecule has 31 heavy (non-hydrogen) atoms. The first-order valence-electron chi connectivity index (χ1n) is 10.9. The molecule has 1 N–H and O–H groups in total. The molecule has 5 rings (SSSR count). The Balaban J connectivity index is 1.75. The van der Waals surface area contributed by atoms with Crippen LogP contribution in [0.2, 0.25) is 0 Å². The molecule has 2 amide bonds. The van der Waals surface area contributed by atoms with Gasteiger partial charge in [-0.1, -0.05) is 50.2 Å². The molecule has 0 aliphatic carbocycles. The lowest BCUT2D eigenvalue weighted by Crippen LogP contribution is -2.33. The van der Waals surface area contributed by atoms with Gasteiger partial charge in [0.05, 0.1) is 17.6 Å². The Hall–Kier alpha value is -3.34. The summed E-state index contributed by atoms with van der Waals surface area (Å²) in [5.74, 6) is -0.0266. The number of hydrogen-bond donors (Lipinski definition) is 1. The third kappa shape index (κ3) is 3.16. The summed E-state index contributed by atoms with van der Waals surface area (Å²) in [6.07, 6.45) is 3.30. The van der Waals surface area contributed by atoms with E-state index in [1.807, 2.05) is 18.2 Å². The molecule has 5 heteroatoms. The molecule has 5 nitrogen and oxygen atoms in total. The Kier molecular flexibility index (Phi) is 4.69. The van der Waals surface area contributed by atoms with E-state index in [1.54, 1.807) is 0 Å². The minimum atomic E-state index is -0.223. The molecule has 2 aliphatic heterocycles. The zero-order chi connectivity index (χ0) is 21.7. The number of nitrogens with zero attached hydrogens (tertiary/aromatic N) is 2. The molecule has 3 heterocycles. The largest absolute Gasteiger partial charge is 0.356 e. The number of amides is 2. The molecular weight excluding hydrogens is 386 g/mol. The molecule has 158 valence electrons. The van der Waals surface area contributed by atoms with Crippen LogP contribution in [0.3, 0.4) is 0 Å². The summed E-state index contributed by atoms with van der Waals surface area (Å²) < 4.78 is 2.32. The molecule has 0 radical (unpaired) electrons. The van der Waals surface area contributed by atoms with E-state index >= 15 is 0 Å².